The lowest BCUT2D eigenvalue weighted by Crippen LogP contribution is -2.28. The van der Waals surface area contributed by atoms with Gasteiger partial charge in [-0.15, -0.1) is 0 Å². The number of hydrogen-bond acceptors (Lipinski definition) is 5. The topological polar surface area (TPSA) is 108 Å². The van der Waals surface area contributed by atoms with Crippen molar-refractivity contribution in [3.05, 3.63) is 39.0 Å². The van der Waals surface area contributed by atoms with Gasteiger partial charge in [0.15, 0.2) is 0 Å². The fourth-order valence-electron chi connectivity index (χ4n) is 2.43. The van der Waals surface area contributed by atoms with E-state index in [9.17, 15) is 14.9 Å². The normalized spacial score (nSPS) is 12.2. The molecule has 9 heteroatoms. The summed E-state index contributed by atoms with van der Waals surface area (Å²) < 4.78 is 3.11. The van der Waals surface area contributed by atoms with Crippen molar-refractivity contribution in [2.75, 3.05) is 0 Å². The summed E-state index contributed by atoms with van der Waals surface area (Å²) in [7, 11) is 1.57. The van der Waals surface area contributed by atoms with E-state index in [4.69, 9.17) is 0 Å². The lowest BCUT2D eigenvalue weighted by Gasteiger charge is -2.11. The van der Waals surface area contributed by atoms with Gasteiger partial charge >= 0.3 is 5.69 Å². The monoisotopic (exact) mass is 320 g/mol. The van der Waals surface area contributed by atoms with E-state index in [1.807, 2.05) is 27.0 Å². The average molecular weight is 320 g/mol. The molecule has 0 saturated heterocycles. The highest BCUT2D eigenvalue weighted by molar-refractivity contribution is 5.96. The maximum atomic E-state index is 12.4. The number of amides is 1. The zero-order valence-corrected chi connectivity index (χ0v) is 13.8. The molecule has 0 saturated carbocycles. The summed E-state index contributed by atoms with van der Waals surface area (Å²) in [5.41, 5.74) is 1.57. The molecule has 0 fully saturated rings. The van der Waals surface area contributed by atoms with Gasteiger partial charge in [0.25, 0.3) is 5.91 Å². The van der Waals surface area contributed by atoms with E-state index in [0.29, 0.717) is 5.69 Å². The number of hydrogen-bond donors (Lipinski definition) is 1. The molecule has 0 aromatic carbocycles. The minimum Gasteiger partial charge on any atom is -0.344 e. The van der Waals surface area contributed by atoms with Crippen LogP contribution in [0.15, 0.2) is 6.20 Å². The molecule has 0 aliphatic rings. The summed E-state index contributed by atoms with van der Waals surface area (Å²) in [6, 6.07) is -0.329. The van der Waals surface area contributed by atoms with E-state index in [0.717, 1.165) is 17.8 Å². The van der Waals surface area contributed by atoms with Gasteiger partial charge in [-0.1, -0.05) is 0 Å². The second kappa shape index (κ2) is 6.19. The summed E-state index contributed by atoms with van der Waals surface area (Å²) in [4.78, 5) is 23.0. The molecule has 9 nitrogen and oxygen atoms in total. The summed E-state index contributed by atoms with van der Waals surface area (Å²) >= 11 is 0. The minimum atomic E-state index is -0.581. The predicted molar refractivity (Wildman–Crippen MR) is 83.1 cm³/mol. The second-order valence-electron chi connectivity index (χ2n) is 5.38. The first-order valence-corrected chi connectivity index (χ1v) is 7.29. The predicted octanol–water partition coefficient (Wildman–Crippen LogP) is 1.65. The van der Waals surface area contributed by atoms with Gasteiger partial charge in [-0.25, -0.2) is 0 Å². The Labute approximate surface area is 133 Å². The molecule has 2 aromatic rings. The Hall–Kier alpha value is -2.71. The van der Waals surface area contributed by atoms with Crippen molar-refractivity contribution >= 4 is 11.6 Å². The number of carbonyl (C=O) groups is 1. The summed E-state index contributed by atoms with van der Waals surface area (Å²) in [6.07, 6.45) is 1.86. The van der Waals surface area contributed by atoms with Gasteiger partial charge < -0.3 is 5.32 Å². The standard InChI is InChI=1S/C14H20N6O3/c1-6-19-7-11(9(3)16-19)8(2)15-14(21)12-13(20(22)23)10(4)18(5)17-12/h7-8H,6H2,1-5H3,(H,15,21). The number of aryl methyl sites for hydroxylation is 3. The number of rotatable bonds is 5. The lowest BCUT2D eigenvalue weighted by molar-refractivity contribution is -0.385. The van der Waals surface area contributed by atoms with Crippen molar-refractivity contribution in [1.29, 1.82) is 0 Å². The number of carbonyl (C=O) groups excluding carboxylic acids is 1. The average Bonchev–Trinajstić information content (AvgIpc) is 3.00. The molecule has 1 unspecified atom stereocenters. The van der Waals surface area contributed by atoms with Crippen molar-refractivity contribution in [2.45, 2.75) is 40.3 Å². The molecule has 0 aliphatic heterocycles. The van der Waals surface area contributed by atoms with E-state index in [-0.39, 0.29) is 17.4 Å². The van der Waals surface area contributed by atoms with Crippen LogP contribution in [0, 0.1) is 24.0 Å². The van der Waals surface area contributed by atoms with Gasteiger partial charge in [0.1, 0.15) is 5.69 Å². The van der Waals surface area contributed by atoms with Crippen LogP contribution in [0.3, 0.4) is 0 Å². The van der Waals surface area contributed by atoms with Gasteiger partial charge in [0.2, 0.25) is 5.69 Å². The first kappa shape index (κ1) is 16.7. The summed E-state index contributed by atoms with van der Waals surface area (Å²) in [5.74, 6) is -0.573. The molecule has 0 bridgehead atoms. The van der Waals surface area contributed by atoms with Crippen LogP contribution >= 0.6 is 0 Å². The van der Waals surface area contributed by atoms with Crippen molar-refractivity contribution < 1.29 is 9.72 Å². The molecule has 1 atom stereocenters. The van der Waals surface area contributed by atoms with Gasteiger partial charge in [-0.05, 0) is 27.7 Å². The van der Waals surface area contributed by atoms with Gasteiger partial charge in [-0.3, -0.25) is 24.3 Å². The molecule has 23 heavy (non-hydrogen) atoms. The Balaban J connectivity index is 2.27. The molecule has 1 N–H and O–H groups in total. The van der Waals surface area contributed by atoms with Crippen LogP contribution in [0.2, 0.25) is 0 Å². The molecule has 0 aliphatic carbocycles. The fraction of sp³-hybridized carbons (Fsp3) is 0.500. The van der Waals surface area contributed by atoms with Crippen molar-refractivity contribution in [3.8, 4) is 0 Å². The van der Waals surface area contributed by atoms with Crippen LogP contribution < -0.4 is 5.32 Å². The van der Waals surface area contributed by atoms with Gasteiger partial charge in [0.05, 0.1) is 16.7 Å². The Morgan fingerprint density at radius 2 is 2.09 bits per heavy atom. The molecule has 0 spiro atoms. The summed E-state index contributed by atoms with van der Waals surface area (Å²) in [5, 5.41) is 22.2. The highest BCUT2D eigenvalue weighted by atomic mass is 16.6. The molecular weight excluding hydrogens is 300 g/mol. The van der Waals surface area contributed by atoms with E-state index in [1.54, 1.807) is 18.7 Å². The highest BCUT2D eigenvalue weighted by Gasteiger charge is 2.30. The smallest absolute Gasteiger partial charge is 0.322 e. The number of nitrogens with one attached hydrogen (secondary N) is 1. The molecule has 2 aromatic heterocycles. The third-order valence-corrected chi connectivity index (χ3v) is 3.82. The maximum absolute atomic E-state index is 12.4. The zero-order valence-electron chi connectivity index (χ0n) is 13.8. The number of nitro groups is 1. The van der Waals surface area contributed by atoms with Gasteiger partial charge in [0, 0.05) is 25.4 Å². The molecule has 2 rings (SSSR count). The van der Waals surface area contributed by atoms with E-state index < -0.39 is 10.8 Å². The van der Waals surface area contributed by atoms with Crippen LogP contribution in [0.4, 0.5) is 5.69 Å². The maximum Gasteiger partial charge on any atom is 0.322 e. The van der Waals surface area contributed by atoms with Crippen molar-refractivity contribution in [1.82, 2.24) is 24.9 Å². The Morgan fingerprint density at radius 3 is 2.61 bits per heavy atom. The molecule has 2 heterocycles. The minimum absolute atomic E-state index is 0.178. The quantitative estimate of drug-likeness (QED) is 0.665. The number of nitrogens with zero attached hydrogens (tertiary/aromatic N) is 5. The van der Waals surface area contributed by atoms with Gasteiger partial charge in [-0.2, -0.15) is 10.2 Å². The highest BCUT2D eigenvalue weighted by Crippen LogP contribution is 2.23. The van der Waals surface area contributed by atoms with Crippen LogP contribution in [-0.2, 0) is 13.6 Å². The van der Waals surface area contributed by atoms with E-state index in [1.165, 1.54) is 4.68 Å². The van der Waals surface area contributed by atoms with Crippen molar-refractivity contribution in [2.24, 2.45) is 7.05 Å². The fourth-order valence-corrected chi connectivity index (χ4v) is 2.43. The summed E-state index contributed by atoms with van der Waals surface area (Å²) in [6.45, 7) is 7.92. The van der Waals surface area contributed by atoms with Crippen LogP contribution in [0.25, 0.3) is 0 Å². The van der Waals surface area contributed by atoms with E-state index in [2.05, 4.69) is 15.5 Å². The zero-order chi connectivity index (χ0) is 17.3. The largest absolute Gasteiger partial charge is 0.344 e. The Morgan fingerprint density at radius 1 is 1.43 bits per heavy atom. The van der Waals surface area contributed by atoms with E-state index >= 15 is 0 Å². The Bertz CT molecular complexity index is 761. The van der Waals surface area contributed by atoms with Crippen LogP contribution in [0.1, 0.15) is 47.3 Å². The molecule has 0 radical (unpaired) electrons. The van der Waals surface area contributed by atoms with Crippen molar-refractivity contribution in [3.63, 3.8) is 0 Å². The third-order valence-electron chi connectivity index (χ3n) is 3.82. The van der Waals surface area contributed by atoms with Crippen LogP contribution in [-0.4, -0.2) is 30.4 Å². The first-order valence-electron chi connectivity index (χ1n) is 7.29. The SMILES string of the molecule is CCn1cc(C(C)NC(=O)c2nn(C)c(C)c2[N+](=O)[O-])c(C)n1. The molecule has 1 amide bonds. The molecular formula is C14H20N6O3. The third kappa shape index (κ3) is 3.08. The number of aromatic nitrogens is 4. The Kier molecular flexibility index (Phi) is 4.48. The van der Waals surface area contributed by atoms with Crippen LogP contribution in [0.5, 0.6) is 0 Å². The lowest BCUT2D eigenvalue weighted by atomic mass is 10.1. The second-order valence-corrected chi connectivity index (χ2v) is 5.38. The first-order chi connectivity index (χ1) is 10.8. The molecule has 124 valence electrons.